The van der Waals surface area contributed by atoms with E-state index in [4.69, 9.17) is 4.74 Å². The molecule has 10 heteroatoms. The molecule has 0 spiro atoms. The number of nitrogens with one attached hydrogen (secondary N) is 2. The fourth-order valence-corrected chi connectivity index (χ4v) is 4.94. The van der Waals surface area contributed by atoms with Crippen LogP contribution in [0.15, 0.2) is 52.9 Å². The number of carbonyl (C=O) groups is 1. The fraction of sp³-hybridized carbons (Fsp3) is 0.318. The van der Waals surface area contributed by atoms with Crippen LogP contribution in [0, 0.1) is 6.92 Å². The zero-order valence-electron chi connectivity index (χ0n) is 18.2. The highest BCUT2D eigenvalue weighted by Crippen LogP contribution is 2.21. The second-order valence-corrected chi connectivity index (χ2v) is 10.4. The van der Waals surface area contributed by atoms with Crippen LogP contribution in [0.1, 0.15) is 41.8 Å². The number of aromatic nitrogens is 2. The number of amides is 1. The molecule has 1 amide bonds. The molecule has 0 saturated heterocycles. The Kier molecular flexibility index (Phi) is 7.94. The topological polar surface area (TPSA) is 110 Å². The Balaban J connectivity index is 1.52. The number of sulfonamides is 1. The summed E-state index contributed by atoms with van der Waals surface area (Å²) in [5.74, 6) is 0.428. The minimum atomic E-state index is -3.81. The van der Waals surface area contributed by atoms with E-state index in [2.05, 4.69) is 20.2 Å². The van der Waals surface area contributed by atoms with E-state index in [0.717, 1.165) is 28.2 Å². The summed E-state index contributed by atoms with van der Waals surface area (Å²) >= 11 is 0.808. The van der Waals surface area contributed by atoms with E-state index in [-0.39, 0.29) is 28.0 Å². The van der Waals surface area contributed by atoms with Crippen LogP contribution >= 0.6 is 11.3 Å². The highest BCUT2D eigenvalue weighted by molar-refractivity contribution is 7.91. The Bertz CT molecular complexity index is 1180. The molecule has 0 saturated carbocycles. The summed E-state index contributed by atoms with van der Waals surface area (Å²) in [6.07, 6.45) is 1.40. The van der Waals surface area contributed by atoms with Crippen LogP contribution in [0.2, 0.25) is 0 Å². The first kappa shape index (κ1) is 23.8. The zero-order chi connectivity index (χ0) is 23.1. The standard InChI is InChI=1S/C22H26N4O4S2/c1-15(2)30-19-11-5-8-17(14-19)9-6-12-23-32(28,29)22-26-25-21(31-22)24-20(27)18-10-4-7-16(3)13-18/h4-5,7-8,10-11,13-15,23H,6,9,12H2,1-3H3,(H,24,25,27). The summed E-state index contributed by atoms with van der Waals surface area (Å²) in [5.41, 5.74) is 2.48. The maximum atomic E-state index is 12.5. The third-order valence-electron chi connectivity index (χ3n) is 4.34. The highest BCUT2D eigenvalue weighted by atomic mass is 32.2. The number of nitrogens with zero attached hydrogens (tertiary/aromatic N) is 2. The molecule has 2 N–H and O–H groups in total. The minimum Gasteiger partial charge on any atom is -0.491 e. The lowest BCUT2D eigenvalue weighted by atomic mass is 10.1. The molecular formula is C22H26N4O4S2. The molecule has 0 bridgehead atoms. The Hall–Kier alpha value is -2.82. The summed E-state index contributed by atoms with van der Waals surface area (Å²) in [6.45, 7) is 6.07. The molecule has 3 rings (SSSR count). The number of ether oxygens (including phenoxy) is 1. The molecule has 2 aromatic carbocycles. The number of benzene rings is 2. The van der Waals surface area contributed by atoms with Crippen molar-refractivity contribution in [3.63, 3.8) is 0 Å². The first-order chi connectivity index (χ1) is 15.2. The molecule has 0 aliphatic heterocycles. The Labute approximate surface area is 192 Å². The summed E-state index contributed by atoms with van der Waals surface area (Å²) in [5, 5.41) is 10.2. The first-order valence-electron chi connectivity index (χ1n) is 10.2. The summed E-state index contributed by atoms with van der Waals surface area (Å²) in [6, 6.07) is 14.8. The molecule has 3 aromatic rings. The van der Waals surface area contributed by atoms with Crippen LogP contribution in [0.5, 0.6) is 5.75 Å². The average Bonchev–Trinajstić information content (AvgIpc) is 3.20. The molecule has 32 heavy (non-hydrogen) atoms. The third kappa shape index (κ3) is 6.84. The van der Waals surface area contributed by atoms with Gasteiger partial charge < -0.3 is 4.74 Å². The van der Waals surface area contributed by atoms with E-state index < -0.39 is 10.0 Å². The van der Waals surface area contributed by atoms with Gasteiger partial charge in [0.15, 0.2) is 0 Å². The molecule has 170 valence electrons. The van der Waals surface area contributed by atoms with Gasteiger partial charge in [-0.1, -0.05) is 41.2 Å². The zero-order valence-corrected chi connectivity index (χ0v) is 19.8. The van der Waals surface area contributed by atoms with Gasteiger partial charge in [-0.3, -0.25) is 10.1 Å². The predicted molar refractivity (Wildman–Crippen MR) is 125 cm³/mol. The molecule has 1 heterocycles. The predicted octanol–water partition coefficient (Wildman–Crippen LogP) is 3.80. The molecule has 0 radical (unpaired) electrons. The second-order valence-electron chi connectivity index (χ2n) is 7.51. The van der Waals surface area contributed by atoms with Crippen LogP contribution in [-0.4, -0.2) is 37.2 Å². The van der Waals surface area contributed by atoms with Crippen molar-refractivity contribution < 1.29 is 17.9 Å². The van der Waals surface area contributed by atoms with Crippen LogP contribution in [-0.2, 0) is 16.4 Å². The van der Waals surface area contributed by atoms with Crippen molar-refractivity contribution in [1.82, 2.24) is 14.9 Å². The van der Waals surface area contributed by atoms with Crippen molar-refractivity contribution >= 4 is 32.4 Å². The largest absolute Gasteiger partial charge is 0.491 e. The SMILES string of the molecule is Cc1cccc(C(=O)Nc2nnc(S(=O)(=O)NCCCc3cccc(OC(C)C)c3)s2)c1. The van der Waals surface area contributed by atoms with Gasteiger partial charge in [-0.15, -0.1) is 10.2 Å². The van der Waals surface area contributed by atoms with E-state index >= 15 is 0 Å². The number of hydrogen-bond donors (Lipinski definition) is 2. The molecule has 0 atom stereocenters. The van der Waals surface area contributed by atoms with Crippen molar-refractivity contribution in [2.45, 2.75) is 44.1 Å². The smallest absolute Gasteiger partial charge is 0.269 e. The number of aryl methyl sites for hydroxylation is 2. The van der Waals surface area contributed by atoms with Crippen LogP contribution < -0.4 is 14.8 Å². The Morgan fingerprint density at radius 3 is 2.66 bits per heavy atom. The van der Waals surface area contributed by atoms with Gasteiger partial charge in [-0.25, -0.2) is 13.1 Å². The number of rotatable bonds is 10. The van der Waals surface area contributed by atoms with Gasteiger partial charge in [-0.2, -0.15) is 0 Å². The Morgan fingerprint density at radius 1 is 1.12 bits per heavy atom. The van der Waals surface area contributed by atoms with Gasteiger partial charge in [0.1, 0.15) is 5.75 Å². The molecule has 1 aromatic heterocycles. The first-order valence-corrected chi connectivity index (χ1v) is 12.5. The van der Waals surface area contributed by atoms with Gasteiger partial charge in [-0.05, 0) is 63.4 Å². The molecule has 0 unspecified atom stereocenters. The quantitative estimate of drug-likeness (QED) is 0.342. The molecule has 8 nitrogen and oxygen atoms in total. The van der Waals surface area contributed by atoms with Crippen LogP contribution in [0.3, 0.4) is 0 Å². The van der Waals surface area contributed by atoms with E-state index in [1.165, 1.54) is 0 Å². The lowest BCUT2D eigenvalue weighted by molar-refractivity contribution is 0.102. The van der Waals surface area contributed by atoms with Crippen LogP contribution in [0.25, 0.3) is 0 Å². The van der Waals surface area contributed by atoms with Gasteiger partial charge >= 0.3 is 0 Å². The molecular weight excluding hydrogens is 448 g/mol. The van der Waals surface area contributed by atoms with Gasteiger partial charge in [0.2, 0.25) is 9.47 Å². The maximum absolute atomic E-state index is 12.5. The van der Waals surface area contributed by atoms with Crippen molar-refractivity contribution in [3.8, 4) is 5.75 Å². The maximum Gasteiger partial charge on any atom is 0.269 e. The third-order valence-corrected chi connectivity index (χ3v) is 7.01. The molecule has 0 fully saturated rings. The molecule has 0 aliphatic rings. The Morgan fingerprint density at radius 2 is 1.91 bits per heavy atom. The van der Waals surface area contributed by atoms with Gasteiger partial charge in [0, 0.05) is 12.1 Å². The number of anilines is 1. The van der Waals surface area contributed by atoms with E-state index in [1.807, 2.05) is 51.1 Å². The van der Waals surface area contributed by atoms with Crippen molar-refractivity contribution in [2.75, 3.05) is 11.9 Å². The minimum absolute atomic E-state index is 0.0930. The average molecular weight is 475 g/mol. The van der Waals surface area contributed by atoms with Crippen LogP contribution in [0.4, 0.5) is 5.13 Å². The van der Waals surface area contributed by atoms with E-state index in [0.29, 0.717) is 18.4 Å². The number of carbonyl (C=O) groups excluding carboxylic acids is 1. The van der Waals surface area contributed by atoms with Crippen molar-refractivity contribution in [2.24, 2.45) is 0 Å². The van der Waals surface area contributed by atoms with E-state index in [9.17, 15) is 13.2 Å². The summed E-state index contributed by atoms with van der Waals surface area (Å²) in [7, 11) is -3.81. The lowest BCUT2D eigenvalue weighted by Gasteiger charge is -2.11. The lowest BCUT2D eigenvalue weighted by Crippen LogP contribution is -2.25. The molecule has 0 aliphatic carbocycles. The normalized spacial score (nSPS) is 11.5. The number of hydrogen-bond acceptors (Lipinski definition) is 7. The van der Waals surface area contributed by atoms with Crippen molar-refractivity contribution in [3.05, 3.63) is 65.2 Å². The summed E-state index contributed by atoms with van der Waals surface area (Å²) < 4.78 is 33.0. The van der Waals surface area contributed by atoms with Gasteiger partial charge in [0.25, 0.3) is 15.9 Å². The summed E-state index contributed by atoms with van der Waals surface area (Å²) in [4.78, 5) is 12.3. The van der Waals surface area contributed by atoms with Gasteiger partial charge in [0.05, 0.1) is 6.10 Å². The second kappa shape index (κ2) is 10.7. The fourth-order valence-electron chi connectivity index (χ4n) is 2.93. The van der Waals surface area contributed by atoms with Crippen molar-refractivity contribution in [1.29, 1.82) is 0 Å². The monoisotopic (exact) mass is 474 g/mol. The van der Waals surface area contributed by atoms with E-state index in [1.54, 1.807) is 18.2 Å². The highest BCUT2D eigenvalue weighted by Gasteiger charge is 2.20.